The van der Waals surface area contributed by atoms with Gasteiger partial charge in [0, 0.05) is 11.3 Å². The summed E-state index contributed by atoms with van der Waals surface area (Å²) in [5, 5.41) is 8.12. The molecule has 0 bridgehead atoms. The SMILES string of the molecule is COc1cc(-c2ccc(F)cc2)cc2c(NC(C)c3nc(C(C)C)no3)ncnc12. The van der Waals surface area contributed by atoms with E-state index in [-0.39, 0.29) is 17.8 Å². The lowest BCUT2D eigenvalue weighted by Crippen LogP contribution is -2.09. The van der Waals surface area contributed by atoms with E-state index in [2.05, 4.69) is 25.4 Å². The predicted octanol–water partition coefficient (Wildman–Crippen LogP) is 5.12. The summed E-state index contributed by atoms with van der Waals surface area (Å²) < 4.78 is 24.3. The molecule has 8 heteroatoms. The molecule has 1 atom stereocenters. The van der Waals surface area contributed by atoms with Crippen molar-refractivity contribution in [3.63, 3.8) is 0 Å². The van der Waals surface area contributed by atoms with Crippen LogP contribution in [0.5, 0.6) is 5.75 Å². The van der Waals surface area contributed by atoms with Crippen molar-refractivity contribution < 1.29 is 13.7 Å². The molecule has 30 heavy (non-hydrogen) atoms. The summed E-state index contributed by atoms with van der Waals surface area (Å²) in [6.07, 6.45) is 1.48. The standard InChI is InChI=1S/C22H22FN5O2/c1-12(2)20-27-22(30-28-20)13(3)26-21-17-9-15(14-5-7-16(23)8-6-14)10-18(29-4)19(17)24-11-25-21/h5-13H,1-4H3,(H,24,25,26). The Hall–Kier alpha value is -3.55. The maximum Gasteiger partial charge on any atom is 0.248 e. The number of hydrogen-bond acceptors (Lipinski definition) is 7. The van der Waals surface area contributed by atoms with E-state index in [4.69, 9.17) is 9.26 Å². The first-order chi connectivity index (χ1) is 14.5. The molecule has 2 aromatic carbocycles. The predicted molar refractivity (Wildman–Crippen MR) is 112 cm³/mol. The third-order valence-electron chi connectivity index (χ3n) is 4.80. The highest BCUT2D eigenvalue weighted by molar-refractivity contribution is 5.96. The van der Waals surface area contributed by atoms with E-state index in [0.717, 1.165) is 16.5 Å². The first-order valence-electron chi connectivity index (χ1n) is 9.65. The Bertz CT molecular complexity index is 1170. The Kier molecular flexibility index (Phi) is 5.31. The number of benzene rings is 2. The number of nitrogens with one attached hydrogen (secondary N) is 1. The highest BCUT2D eigenvalue weighted by atomic mass is 19.1. The molecule has 1 N–H and O–H groups in total. The molecular weight excluding hydrogens is 385 g/mol. The van der Waals surface area contributed by atoms with Crippen molar-refractivity contribution in [2.24, 2.45) is 0 Å². The lowest BCUT2D eigenvalue weighted by molar-refractivity contribution is 0.361. The van der Waals surface area contributed by atoms with Crippen molar-refractivity contribution in [2.75, 3.05) is 12.4 Å². The van der Waals surface area contributed by atoms with Crippen molar-refractivity contribution in [1.29, 1.82) is 0 Å². The van der Waals surface area contributed by atoms with Crippen LogP contribution in [-0.4, -0.2) is 27.2 Å². The smallest absolute Gasteiger partial charge is 0.248 e. The Labute approximate surface area is 173 Å². The number of rotatable bonds is 6. The van der Waals surface area contributed by atoms with Crippen molar-refractivity contribution in [3.05, 3.63) is 60.3 Å². The molecule has 4 rings (SSSR count). The number of nitrogens with zero attached hydrogens (tertiary/aromatic N) is 4. The Morgan fingerprint density at radius 3 is 2.47 bits per heavy atom. The molecule has 4 aromatic rings. The minimum atomic E-state index is -0.286. The quantitative estimate of drug-likeness (QED) is 0.474. The second kappa shape index (κ2) is 8.06. The summed E-state index contributed by atoms with van der Waals surface area (Å²) in [7, 11) is 1.59. The Balaban J connectivity index is 1.75. The zero-order chi connectivity index (χ0) is 21.3. The summed E-state index contributed by atoms with van der Waals surface area (Å²) in [4.78, 5) is 13.2. The molecule has 0 amide bonds. The monoisotopic (exact) mass is 407 g/mol. The van der Waals surface area contributed by atoms with Crippen LogP contribution in [0.4, 0.5) is 10.2 Å². The van der Waals surface area contributed by atoms with Gasteiger partial charge in [-0.05, 0) is 42.3 Å². The van der Waals surface area contributed by atoms with Crippen molar-refractivity contribution in [1.82, 2.24) is 20.1 Å². The average Bonchev–Trinajstić information content (AvgIpc) is 3.25. The normalized spacial score (nSPS) is 12.3. The first kappa shape index (κ1) is 19.8. The van der Waals surface area contributed by atoms with E-state index in [1.54, 1.807) is 19.2 Å². The summed E-state index contributed by atoms with van der Waals surface area (Å²) >= 11 is 0. The molecule has 0 aliphatic rings. The van der Waals surface area contributed by atoms with E-state index < -0.39 is 0 Å². The van der Waals surface area contributed by atoms with Crippen LogP contribution in [0.15, 0.2) is 47.2 Å². The third-order valence-corrected chi connectivity index (χ3v) is 4.80. The van der Waals surface area contributed by atoms with Gasteiger partial charge in [0.15, 0.2) is 5.82 Å². The second-order valence-corrected chi connectivity index (χ2v) is 7.32. The fourth-order valence-electron chi connectivity index (χ4n) is 3.14. The highest BCUT2D eigenvalue weighted by Gasteiger charge is 2.19. The molecule has 2 heterocycles. The van der Waals surface area contributed by atoms with Gasteiger partial charge in [0.1, 0.15) is 35.3 Å². The number of ether oxygens (including phenoxy) is 1. The molecule has 0 spiro atoms. The summed E-state index contributed by atoms with van der Waals surface area (Å²) in [5.41, 5.74) is 2.39. The molecule has 1 unspecified atom stereocenters. The van der Waals surface area contributed by atoms with E-state index in [1.807, 2.05) is 32.9 Å². The van der Waals surface area contributed by atoms with Crippen LogP contribution >= 0.6 is 0 Å². The molecule has 0 saturated heterocycles. The van der Waals surface area contributed by atoms with Gasteiger partial charge < -0.3 is 14.6 Å². The van der Waals surface area contributed by atoms with Crippen molar-refractivity contribution >= 4 is 16.7 Å². The van der Waals surface area contributed by atoms with Gasteiger partial charge in [0.05, 0.1) is 7.11 Å². The van der Waals surface area contributed by atoms with Gasteiger partial charge in [-0.2, -0.15) is 4.98 Å². The second-order valence-electron chi connectivity index (χ2n) is 7.32. The zero-order valence-corrected chi connectivity index (χ0v) is 17.2. The van der Waals surface area contributed by atoms with E-state index >= 15 is 0 Å². The molecule has 7 nitrogen and oxygen atoms in total. The van der Waals surface area contributed by atoms with E-state index in [1.165, 1.54) is 18.5 Å². The van der Waals surface area contributed by atoms with E-state index in [9.17, 15) is 4.39 Å². The molecule has 0 aliphatic heterocycles. The third kappa shape index (κ3) is 3.80. The molecule has 0 fully saturated rings. The Morgan fingerprint density at radius 2 is 1.80 bits per heavy atom. The maximum absolute atomic E-state index is 13.3. The van der Waals surface area contributed by atoms with Crippen LogP contribution in [0, 0.1) is 5.82 Å². The van der Waals surface area contributed by atoms with Crippen LogP contribution in [0.25, 0.3) is 22.0 Å². The number of anilines is 1. The van der Waals surface area contributed by atoms with Crippen LogP contribution in [-0.2, 0) is 0 Å². The van der Waals surface area contributed by atoms with E-state index in [0.29, 0.717) is 28.8 Å². The van der Waals surface area contributed by atoms with Gasteiger partial charge in [0.2, 0.25) is 5.89 Å². The van der Waals surface area contributed by atoms with Crippen LogP contribution in [0.1, 0.15) is 44.4 Å². The van der Waals surface area contributed by atoms with Crippen molar-refractivity contribution in [2.45, 2.75) is 32.7 Å². The summed E-state index contributed by atoms with van der Waals surface area (Å²) in [5.74, 6) is 2.24. The fraction of sp³-hybridized carbons (Fsp3) is 0.273. The fourth-order valence-corrected chi connectivity index (χ4v) is 3.14. The van der Waals surface area contributed by atoms with Crippen molar-refractivity contribution in [3.8, 4) is 16.9 Å². The maximum atomic E-state index is 13.3. The minimum Gasteiger partial charge on any atom is -0.494 e. The number of hydrogen-bond donors (Lipinski definition) is 1. The molecule has 0 saturated carbocycles. The molecule has 0 aliphatic carbocycles. The highest BCUT2D eigenvalue weighted by Crippen LogP contribution is 2.35. The topological polar surface area (TPSA) is 86.0 Å². The molecule has 154 valence electrons. The lowest BCUT2D eigenvalue weighted by atomic mass is 10.0. The molecule has 2 aromatic heterocycles. The number of methoxy groups -OCH3 is 1. The number of fused-ring (bicyclic) bond motifs is 1. The largest absolute Gasteiger partial charge is 0.494 e. The minimum absolute atomic E-state index is 0.178. The van der Waals surface area contributed by atoms with Gasteiger partial charge in [-0.3, -0.25) is 0 Å². The van der Waals surface area contributed by atoms with Gasteiger partial charge in [0.25, 0.3) is 0 Å². The first-order valence-corrected chi connectivity index (χ1v) is 9.65. The zero-order valence-electron chi connectivity index (χ0n) is 17.2. The number of halogens is 1. The van der Waals surface area contributed by atoms with Crippen LogP contribution < -0.4 is 10.1 Å². The van der Waals surface area contributed by atoms with Gasteiger partial charge in [-0.25, -0.2) is 14.4 Å². The summed E-state index contributed by atoms with van der Waals surface area (Å²) in [6.45, 7) is 5.94. The number of aromatic nitrogens is 4. The van der Waals surface area contributed by atoms with Crippen LogP contribution in [0.3, 0.4) is 0 Å². The lowest BCUT2D eigenvalue weighted by Gasteiger charge is -2.15. The van der Waals surface area contributed by atoms with Gasteiger partial charge in [-0.15, -0.1) is 0 Å². The van der Waals surface area contributed by atoms with Crippen LogP contribution in [0.2, 0.25) is 0 Å². The molecular formula is C22H22FN5O2. The molecule has 0 radical (unpaired) electrons. The van der Waals surface area contributed by atoms with Gasteiger partial charge >= 0.3 is 0 Å². The van der Waals surface area contributed by atoms with Gasteiger partial charge in [-0.1, -0.05) is 31.1 Å². The average molecular weight is 407 g/mol. The summed E-state index contributed by atoms with van der Waals surface area (Å²) in [6, 6.07) is 9.87. The Morgan fingerprint density at radius 1 is 1.03 bits per heavy atom.